The van der Waals surface area contributed by atoms with Crippen molar-refractivity contribution in [2.75, 3.05) is 0 Å². The molecule has 0 saturated carbocycles. The van der Waals surface area contributed by atoms with Gasteiger partial charge in [-0.2, -0.15) is 0 Å². The molecule has 0 fully saturated rings. The van der Waals surface area contributed by atoms with E-state index in [-0.39, 0.29) is 18.0 Å². The predicted molar refractivity (Wildman–Crippen MR) is 57.8 cm³/mol. The molecule has 1 rings (SSSR count). The Morgan fingerprint density at radius 2 is 2.13 bits per heavy atom. The lowest BCUT2D eigenvalue weighted by Gasteiger charge is -2.00. The van der Waals surface area contributed by atoms with Crippen LogP contribution < -0.4 is 0 Å². The highest BCUT2D eigenvalue weighted by molar-refractivity contribution is 5.81. The topological polar surface area (TPSA) is 17.1 Å². The second kappa shape index (κ2) is 5.98. The smallest absolute Gasteiger partial charge is 0.138 e. The average molecular weight is 204 g/mol. The Hall–Kier alpha value is -1.62. The van der Waals surface area contributed by atoms with Crippen molar-refractivity contribution in [1.29, 1.82) is 0 Å². The fourth-order valence-electron chi connectivity index (χ4n) is 1.27. The minimum Gasteiger partial charge on any atom is -0.299 e. The molecule has 0 aliphatic heterocycles. The number of benzene rings is 1. The number of Topliss-reactive ketones (excluding diaryl/α,β-unsaturated/α-hetero) is 1. The lowest BCUT2D eigenvalue weighted by molar-refractivity contribution is -0.118. The molecule has 2 heteroatoms. The summed E-state index contributed by atoms with van der Waals surface area (Å²) in [5.74, 6) is 5.25. The van der Waals surface area contributed by atoms with Gasteiger partial charge in [-0.3, -0.25) is 4.79 Å². The Bertz CT molecular complexity index is 398. The fourth-order valence-corrected chi connectivity index (χ4v) is 1.27. The van der Waals surface area contributed by atoms with Gasteiger partial charge in [0.25, 0.3) is 0 Å². The SMILES string of the molecule is CC#CCCC(=O)Cc1ccccc1F. The van der Waals surface area contributed by atoms with Crippen molar-refractivity contribution in [3.05, 3.63) is 35.6 Å². The van der Waals surface area contributed by atoms with Crippen LogP contribution in [-0.2, 0) is 11.2 Å². The van der Waals surface area contributed by atoms with Crippen molar-refractivity contribution < 1.29 is 9.18 Å². The molecular formula is C13H13FO. The number of carbonyl (C=O) groups is 1. The highest BCUT2D eigenvalue weighted by Gasteiger charge is 2.06. The van der Waals surface area contributed by atoms with E-state index in [4.69, 9.17) is 0 Å². The third-order valence-electron chi connectivity index (χ3n) is 2.05. The van der Waals surface area contributed by atoms with Gasteiger partial charge in [0.2, 0.25) is 0 Å². The monoisotopic (exact) mass is 204 g/mol. The molecule has 0 heterocycles. The van der Waals surface area contributed by atoms with Gasteiger partial charge in [0.1, 0.15) is 11.6 Å². The van der Waals surface area contributed by atoms with Crippen LogP contribution in [-0.4, -0.2) is 5.78 Å². The van der Waals surface area contributed by atoms with Crippen LogP contribution in [0.2, 0.25) is 0 Å². The van der Waals surface area contributed by atoms with Gasteiger partial charge < -0.3 is 0 Å². The maximum absolute atomic E-state index is 13.2. The number of halogens is 1. The molecule has 0 aliphatic carbocycles. The van der Waals surface area contributed by atoms with Gasteiger partial charge in [-0.1, -0.05) is 18.2 Å². The first kappa shape index (κ1) is 11.5. The highest BCUT2D eigenvalue weighted by atomic mass is 19.1. The largest absolute Gasteiger partial charge is 0.299 e. The van der Waals surface area contributed by atoms with Gasteiger partial charge in [0.15, 0.2) is 0 Å². The standard InChI is InChI=1S/C13H13FO/c1-2-3-4-8-12(15)10-11-7-5-6-9-13(11)14/h5-7,9H,4,8,10H2,1H3. The molecule has 0 bridgehead atoms. The maximum atomic E-state index is 13.2. The van der Waals surface area contributed by atoms with Crippen molar-refractivity contribution >= 4 is 5.78 Å². The van der Waals surface area contributed by atoms with Gasteiger partial charge in [0.05, 0.1) is 0 Å². The van der Waals surface area contributed by atoms with Crippen molar-refractivity contribution in [1.82, 2.24) is 0 Å². The van der Waals surface area contributed by atoms with Gasteiger partial charge in [-0.05, 0) is 18.6 Å². The maximum Gasteiger partial charge on any atom is 0.138 e. The summed E-state index contributed by atoms with van der Waals surface area (Å²) < 4.78 is 13.2. The summed E-state index contributed by atoms with van der Waals surface area (Å²) in [5.41, 5.74) is 0.465. The van der Waals surface area contributed by atoms with E-state index in [1.165, 1.54) is 6.07 Å². The molecule has 0 atom stereocenters. The molecule has 0 N–H and O–H groups in total. The summed E-state index contributed by atoms with van der Waals surface area (Å²) in [7, 11) is 0. The van der Waals surface area contributed by atoms with Crippen molar-refractivity contribution in [3.63, 3.8) is 0 Å². The Labute approximate surface area is 89.3 Å². The molecule has 0 unspecified atom stereocenters. The number of hydrogen-bond acceptors (Lipinski definition) is 1. The van der Waals surface area contributed by atoms with Crippen molar-refractivity contribution in [2.24, 2.45) is 0 Å². The number of carbonyl (C=O) groups excluding carboxylic acids is 1. The van der Waals surface area contributed by atoms with Crippen LogP contribution in [0.3, 0.4) is 0 Å². The van der Waals surface area contributed by atoms with Crippen LogP contribution >= 0.6 is 0 Å². The molecule has 1 aromatic rings. The normalized spacial score (nSPS) is 9.20. The minimum atomic E-state index is -0.313. The Balaban J connectivity index is 2.50. The molecular weight excluding hydrogens is 191 g/mol. The van der Waals surface area contributed by atoms with E-state index in [0.29, 0.717) is 18.4 Å². The van der Waals surface area contributed by atoms with Crippen LogP contribution in [0.1, 0.15) is 25.3 Å². The van der Waals surface area contributed by atoms with Gasteiger partial charge >= 0.3 is 0 Å². The molecule has 1 aromatic carbocycles. The molecule has 0 radical (unpaired) electrons. The van der Waals surface area contributed by atoms with E-state index in [1.54, 1.807) is 25.1 Å². The van der Waals surface area contributed by atoms with E-state index in [9.17, 15) is 9.18 Å². The predicted octanol–water partition coefficient (Wildman–Crippen LogP) is 2.74. The van der Waals surface area contributed by atoms with Gasteiger partial charge in [-0.15, -0.1) is 11.8 Å². The number of hydrogen-bond donors (Lipinski definition) is 0. The summed E-state index contributed by atoms with van der Waals surface area (Å²) in [6.45, 7) is 1.74. The number of ketones is 1. The third kappa shape index (κ3) is 3.95. The third-order valence-corrected chi connectivity index (χ3v) is 2.05. The first-order valence-corrected chi connectivity index (χ1v) is 4.88. The molecule has 1 nitrogen and oxygen atoms in total. The van der Waals surface area contributed by atoms with E-state index in [0.717, 1.165) is 0 Å². The Morgan fingerprint density at radius 3 is 2.80 bits per heavy atom. The van der Waals surface area contributed by atoms with E-state index in [1.807, 2.05) is 0 Å². The summed E-state index contributed by atoms with van der Waals surface area (Å²) >= 11 is 0. The van der Waals surface area contributed by atoms with Crippen LogP contribution in [0.5, 0.6) is 0 Å². The summed E-state index contributed by atoms with van der Waals surface area (Å²) in [6, 6.07) is 6.36. The van der Waals surface area contributed by atoms with Crippen molar-refractivity contribution in [3.8, 4) is 11.8 Å². The first-order chi connectivity index (χ1) is 7.24. The lowest BCUT2D eigenvalue weighted by Crippen LogP contribution is -2.03. The van der Waals surface area contributed by atoms with E-state index >= 15 is 0 Å². The lowest BCUT2D eigenvalue weighted by atomic mass is 10.1. The molecule has 0 saturated heterocycles. The van der Waals surface area contributed by atoms with Crippen LogP contribution in [0.25, 0.3) is 0 Å². The molecule has 0 aliphatic rings. The zero-order valence-corrected chi connectivity index (χ0v) is 8.72. The summed E-state index contributed by atoms with van der Waals surface area (Å²) in [4.78, 5) is 11.4. The van der Waals surface area contributed by atoms with E-state index in [2.05, 4.69) is 11.8 Å². The molecule has 15 heavy (non-hydrogen) atoms. The summed E-state index contributed by atoms with van der Waals surface area (Å²) in [6.07, 6.45) is 1.12. The van der Waals surface area contributed by atoms with Gasteiger partial charge in [0, 0.05) is 19.3 Å². The second-order valence-electron chi connectivity index (χ2n) is 3.23. The van der Waals surface area contributed by atoms with Crippen LogP contribution in [0, 0.1) is 17.7 Å². The van der Waals surface area contributed by atoms with Gasteiger partial charge in [-0.25, -0.2) is 4.39 Å². The zero-order valence-electron chi connectivity index (χ0n) is 8.72. The second-order valence-corrected chi connectivity index (χ2v) is 3.23. The molecule has 0 aromatic heterocycles. The van der Waals surface area contributed by atoms with Crippen molar-refractivity contribution in [2.45, 2.75) is 26.2 Å². The minimum absolute atomic E-state index is 0.0304. The molecule has 0 amide bonds. The average Bonchev–Trinajstić information content (AvgIpc) is 2.22. The van der Waals surface area contributed by atoms with Crippen LogP contribution in [0.4, 0.5) is 4.39 Å². The first-order valence-electron chi connectivity index (χ1n) is 4.88. The molecule has 0 spiro atoms. The zero-order chi connectivity index (χ0) is 11.1. The Morgan fingerprint density at radius 1 is 1.40 bits per heavy atom. The fraction of sp³-hybridized carbons (Fsp3) is 0.308. The van der Waals surface area contributed by atoms with E-state index < -0.39 is 0 Å². The Kier molecular flexibility index (Phi) is 4.56. The molecule has 78 valence electrons. The van der Waals surface area contributed by atoms with Crippen LogP contribution in [0.15, 0.2) is 24.3 Å². The highest BCUT2D eigenvalue weighted by Crippen LogP contribution is 2.08. The quantitative estimate of drug-likeness (QED) is 0.689. The number of rotatable bonds is 4. The summed E-state index contributed by atoms with van der Waals surface area (Å²) in [5, 5.41) is 0.